The molecule has 0 saturated carbocycles. The summed E-state index contributed by atoms with van der Waals surface area (Å²) in [5.41, 5.74) is 1.50. The molecule has 1 aromatic rings. The summed E-state index contributed by atoms with van der Waals surface area (Å²) in [5.74, 6) is 0. The number of benzene rings is 1. The summed E-state index contributed by atoms with van der Waals surface area (Å²) in [6.07, 6.45) is 9.11. The van der Waals surface area contributed by atoms with Gasteiger partial charge in [0.2, 0.25) is 0 Å². The van der Waals surface area contributed by atoms with Crippen molar-refractivity contribution in [3.05, 3.63) is 60.2 Å². The molecule has 2 aliphatic rings. The molecule has 1 aliphatic heterocycles. The number of fused-ring (bicyclic) bond motifs is 1. The first-order valence-corrected chi connectivity index (χ1v) is 6.36. The first-order chi connectivity index (χ1) is 6.42. The van der Waals surface area contributed by atoms with E-state index in [4.69, 9.17) is 0 Å². The minimum absolute atomic E-state index is 0.434. The molecule has 1 aromatic carbocycles. The Morgan fingerprint density at radius 3 is 2.69 bits per heavy atom. The van der Waals surface area contributed by atoms with Gasteiger partial charge in [-0.25, -0.2) is 0 Å². The van der Waals surface area contributed by atoms with E-state index >= 15 is 0 Å². The zero-order valence-electron chi connectivity index (χ0n) is 7.18. The second kappa shape index (κ2) is 2.60. The van der Waals surface area contributed by atoms with Crippen LogP contribution in [0.2, 0.25) is 4.82 Å². The molecule has 1 heterocycles. The Bertz CT molecular complexity index is 377. The molecular weight excluding hydrogens is 223 g/mol. The molecule has 0 N–H and O–H groups in total. The zero-order chi connectivity index (χ0) is 8.73. The molecule has 2 atom stereocenters. The Morgan fingerprint density at radius 1 is 1.08 bits per heavy atom. The van der Waals surface area contributed by atoms with E-state index < -0.39 is 0 Å². The SMILES string of the molecule is C1=CC2[Se]C2(c2ccccc2)C=C1. The van der Waals surface area contributed by atoms with E-state index in [1.807, 2.05) is 0 Å². The molecule has 0 radical (unpaired) electrons. The Morgan fingerprint density at radius 2 is 1.92 bits per heavy atom. The van der Waals surface area contributed by atoms with Crippen molar-refractivity contribution in [1.29, 1.82) is 0 Å². The first kappa shape index (κ1) is 7.61. The van der Waals surface area contributed by atoms with Gasteiger partial charge in [0.25, 0.3) is 0 Å². The summed E-state index contributed by atoms with van der Waals surface area (Å²) < 4.78 is 0.434. The molecule has 0 aromatic heterocycles. The van der Waals surface area contributed by atoms with E-state index in [0.29, 0.717) is 4.31 Å². The van der Waals surface area contributed by atoms with Crippen LogP contribution in [0.15, 0.2) is 54.6 Å². The summed E-state index contributed by atoms with van der Waals surface area (Å²) in [6.45, 7) is 0. The Balaban J connectivity index is 2.04. The molecule has 3 rings (SSSR count). The van der Waals surface area contributed by atoms with Crippen LogP contribution in [0.1, 0.15) is 5.56 Å². The van der Waals surface area contributed by atoms with Crippen LogP contribution in [0.4, 0.5) is 0 Å². The standard InChI is InChI=1S/C12H10Se/c1-2-6-10(7-3-1)12-9-5-4-8-11(12)13-12/h1-9,11H. The molecule has 64 valence electrons. The topological polar surface area (TPSA) is 0 Å². The number of hydrogen-bond acceptors (Lipinski definition) is 0. The van der Waals surface area contributed by atoms with Crippen LogP contribution in [-0.2, 0) is 4.31 Å². The third-order valence-corrected chi connectivity index (χ3v) is 5.89. The van der Waals surface area contributed by atoms with Crippen molar-refractivity contribution in [3.8, 4) is 0 Å². The van der Waals surface area contributed by atoms with Gasteiger partial charge in [-0.3, -0.25) is 0 Å². The third kappa shape index (κ3) is 1.04. The second-order valence-electron chi connectivity index (χ2n) is 3.44. The third-order valence-electron chi connectivity index (χ3n) is 2.65. The summed E-state index contributed by atoms with van der Waals surface area (Å²) in [6, 6.07) is 10.9. The molecule has 1 saturated heterocycles. The van der Waals surface area contributed by atoms with Gasteiger partial charge in [0.15, 0.2) is 0 Å². The van der Waals surface area contributed by atoms with Gasteiger partial charge in [0.05, 0.1) is 0 Å². The molecule has 13 heavy (non-hydrogen) atoms. The van der Waals surface area contributed by atoms with Crippen molar-refractivity contribution in [2.45, 2.75) is 9.13 Å². The van der Waals surface area contributed by atoms with Crippen LogP contribution in [0, 0.1) is 0 Å². The average Bonchev–Trinajstić information content (AvgIpc) is 2.94. The molecule has 1 heteroatoms. The molecular formula is C12H10Se. The van der Waals surface area contributed by atoms with Gasteiger partial charge in [-0.05, 0) is 0 Å². The van der Waals surface area contributed by atoms with Crippen molar-refractivity contribution >= 4 is 15.0 Å². The maximum absolute atomic E-state index is 2.38. The average molecular weight is 233 g/mol. The van der Waals surface area contributed by atoms with Crippen molar-refractivity contribution < 1.29 is 0 Å². The Kier molecular flexibility index (Phi) is 1.52. The first-order valence-electron chi connectivity index (χ1n) is 4.51. The number of rotatable bonds is 1. The van der Waals surface area contributed by atoms with Crippen LogP contribution in [0.5, 0.6) is 0 Å². The number of allylic oxidation sites excluding steroid dienone is 4. The molecule has 0 spiro atoms. The molecule has 1 aliphatic carbocycles. The summed E-state index contributed by atoms with van der Waals surface area (Å²) in [4.78, 5) is 0.826. The second-order valence-corrected chi connectivity index (χ2v) is 6.42. The fourth-order valence-electron chi connectivity index (χ4n) is 1.88. The van der Waals surface area contributed by atoms with E-state index in [1.165, 1.54) is 5.56 Å². The van der Waals surface area contributed by atoms with E-state index in [-0.39, 0.29) is 0 Å². The van der Waals surface area contributed by atoms with Crippen molar-refractivity contribution in [2.24, 2.45) is 0 Å². The van der Waals surface area contributed by atoms with E-state index in [0.717, 1.165) is 19.8 Å². The van der Waals surface area contributed by atoms with E-state index in [1.54, 1.807) is 0 Å². The molecule has 2 unspecified atom stereocenters. The van der Waals surface area contributed by atoms with Gasteiger partial charge in [-0.2, -0.15) is 0 Å². The van der Waals surface area contributed by atoms with Gasteiger partial charge in [0.1, 0.15) is 0 Å². The normalized spacial score (nSPS) is 34.3. The quantitative estimate of drug-likeness (QED) is 0.654. The molecule has 1 fully saturated rings. The fraction of sp³-hybridized carbons (Fsp3) is 0.167. The molecule has 0 nitrogen and oxygen atoms in total. The van der Waals surface area contributed by atoms with E-state index in [2.05, 4.69) is 54.6 Å². The van der Waals surface area contributed by atoms with Gasteiger partial charge >= 0.3 is 84.3 Å². The van der Waals surface area contributed by atoms with Gasteiger partial charge in [0, 0.05) is 0 Å². The summed E-state index contributed by atoms with van der Waals surface area (Å²) >= 11 is 0.748. The van der Waals surface area contributed by atoms with Crippen molar-refractivity contribution in [3.63, 3.8) is 0 Å². The van der Waals surface area contributed by atoms with Crippen LogP contribution in [0.25, 0.3) is 0 Å². The summed E-state index contributed by atoms with van der Waals surface area (Å²) in [5, 5.41) is 0. The number of hydrogen-bond donors (Lipinski definition) is 0. The van der Waals surface area contributed by atoms with Crippen LogP contribution in [0.3, 0.4) is 0 Å². The van der Waals surface area contributed by atoms with Crippen molar-refractivity contribution in [2.75, 3.05) is 0 Å². The van der Waals surface area contributed by atoms with Crippen LogP contribution < -0.4 is 0 Å². The van der Waals surface area contributed by atoms with Crippen LogP contribution in [-0.4, -0.2) is 15.0 Å². The van der Waals surface area contributed by atoms with E-state index in [9.17, 15) is 0 Å². The maximum atomic E-state index is 2.38. The monoisotopic (exact) mass is 234 g/mol. The Hall–Kier alpha value is -0.781. The van der Waals surface area contributed by atoms with Gasteiger partial charge < -0.3 is 0 Å². The Labute approximate surface area is 84.5 Å². The molecule has 0 amide bonds. The molecule has 0 bridgehead atoms. The minimum atomic E-state index is 0.434. The zero-order valence-corrected chi connectivity index (χ0v) is 8.89. The predicted molar refractivity (Wildman–Crippen MR) is 55.9 cm³/mol. The van der Waals surface area contributed by atoms with Crippen LogP contribution >= 0.6 is 0 Å². The predicted octanol–water partition coefficient (Wildman–Crippen LogP) is 2.51. The van der Waals surface area contributed by atoms with Gasteiger partial charge in [-0.1, -0.05) is 0 Å². The summed E-state index contributed by atoms with van der Waals surface area (Å²) in [7, 11) is 0. The van der Waals surface area contributed by atoms with Crippen molar-refractivity contribution in [1.82, 2.24) is 0 Å². The van der Waals surface area contributed by atoms with Gasteiger partial charge in [-0.15, -0.1) is 0 Å². The fourth-order valence-corrected chi connectivity index (χ4v) is 4.49.